The normalized spacial score (nSPS) is 24.1. The largest absolute Gasteiger partial charge is 0.342 e. The first-order chi connectivity index (χ1) is 8.96. The molecule has 1 unspecified atom stereocenters. The van der Waals surface area contributed by atoms with Crippen LogP contribution in [0.2, 0.25) is 0 Å². The second kappa shape index (κ2) is 5.03. The van der Waals surface area contributed by atoms with Crippen molar-refractivity contribution in [3.63, 3.8) is 0 Å². The van der Waals surface area contributed by atoms with E-state index in [1.165, 1.54) is 0 Å². The Labute approximate surface area is 113 Å². The topological polar surface area (TPSA) is 49.4 Å². The van der Waals surface area contributed by atoms with Gasteiger partial charge in [-0.3, -0.25) is 9.59 Å². The molecular formula is C15H20N2O2. The van der Waals surface area contributed by atoms with E-state index >= 15 is 0 Å². The fourth-order valence-electron chi connectivity index (χ4n) is 2.32. The number of nitrogens with zero attached hydrogens (tertiary/aromatic N) is 1. The lowest BCUT2D eigenvalue weighted by atomic mass is 9.97. The minimum atomic E-state index is -0.808. The summed E-state index contributed by atoms with van der Waals surface area (Å²) >= 11 is 0. The van der Waals surface area contributed by atoms with Gasteiger partial charge in [-0.1, -0.05) is 19.1 Å². The Balaban J connectivity index is 2.39. The summed E-state index contributed by atoms with van der Waals surface area (Å²) in [5, 5.41) is 2.84. The van der Waals surface area contributed by atoms with Crippen molar-refractivity contribution >= 4 is 17.5 Å². The van der Waals surface area contributed by atoms with Gasteiger partial charge in [-0.25, -0.2) is 0 Å². The van der Waals surface area contributed by atoms with Gasteiger partial charge in [-0.05, 0) is 38.0 Å². The molecule has 1 aliphatic heterocycles. The quantitative estimate of drug-likeness (QED) is 0.884. The standard InChI is InChI=1S/C15H20N2O2/c1-4-15(3)14(19)17(9-8-13(18)16-15)12-7-5-6-11(2)10-12/h5-7,10H,4,8-9H2,1-3H3,(H,16,18). The summed E-state index contributed by atoms with van der Waals surface area (Å²) in [7, 11) is 0. The van der Waals surface area contributed by atoms with Crippen molar-refractivity contribution in [2.24, 2.45) is 0 Å². The zero-order valence-corrected chi connectivity index (χ0v) is 11.7. The van der Waals surface area contributed by atoms with Crippen LogP contribution in [0.25, 0.3) is 0 Å². The highest BCUT2D eigenvalue weighted by atomic mass is 16.2. The first-order valence-electron chi connectivity index (χ1n) is 6.66. The van der Waals surface area contributed by atoms with E-state index in [1.54, 1.807) is 11.8 Å². The molecule has 1 N–H and O–H groups in total. The van der Waals surface area contributed by atoms with E-state index in [9.17, 15) is 9.59 Å². The van der Waals surface area contributed by atoms with Crippen LogP contribution >= 0.6 is 0 Å². The molecule has 19 heavy (non-hydrogen) atoms. The van der Waals surface area contributed by atoms with Crippen molar-refractivity contribution in [1.29, 1.82) is 0 Å². The van der Waals surface area contributed by atoms with Crippen molar-refractivity contribution in [2.45, 2.75) is 39.2 Å². The lowest BCUT2D eigenvalue weighted by molar-refractivity contribution is -0.129. The molecule has 2 amide bonds. The van der Waals surface area contributed by atoms with Gasteiger partial charge in [-0.2, -0.15) is 0 Å². The number of anilines is 1. The highest BCUT2D eigenvalue weighted by molar-refractivity contribution is 6.04. The predicted molar refractivity (Wildman–Crippen MR) is 75.0 cm³/mol. The van der Waals surface area contributed by atoms with Crippen LogP contribution in [0.4, 0.5) is 5.69 Å². The molecule has 0 aromatic heterocycles. The number of hydrogen-bond acceptors (Lipinski definition) is 2. The second-order valence-electron chi connectivity index (χ2n) is 5.28. The van der Waals surface area contributed by atoms with Crippen LogP contribution in [0.5, 0.6) is 0 Å². The van der Waals surface area contributed by atoms with Crippen molar-refractivity contribution in [1.82, 2.24) is 5.32 Å². The maximum absolute atomic E-state index is 12.7. The zero-order chi connectivity index (χ0) is 14.0. The number of carbonyl (C=O) groups is 2. The molecule has 0 radical (unpaired) electrons. The van der Waals surface area contributed by atoms with Gasteiger partial charge in [0, 0.05) is 18.7 Å². The smallest absolute Gasteiger partial charge is 0.252 e. The molecule has 1 aromatic carbocycles. The van der Waals surface area contributed by atoms with Crippen molar-refractivity contribution in [3.8, 4) is 0 Å². The van der Waals surface area contributed by atoms with Gasteiger partial charge in [0.05, 0.1) is 0 Å². The summed E-state index contributed by atoms with van der Waals surface area (Å²) in [5.41, 5.74) is 1.16. The van der Waals surface area contributed by atoms with E-state index in [0.29, 0.717) is 19.4 Å². The van der Waals surface area contributed by atoms with Crippen molar-refractivity contribution in [3.05, 3.63) is 29.8 Å². The number of nitrogens with one attached hydrogen (secondary N) is 1. The summed E-state index contributed by atoms with van der Waals surface area (Å²) in [4.78, 5) is 26.1. The molecule has 1 atom stereocenters. The Hall–Kier alpha value is -1.84. The molecule has 1 heterocycles. The van der Waals surface area contributed by atoms with Crippen LogP contribution in [0.15, 0.2) is 24.3 Å². The predicted octanol–water partition coefficient (Wildman–Crippen LogP) is 2.02. The summed E-state index contributed by atoms with van der Waals surface area (Å²) in [6, 6.07) is 7.82. The Morgan fingerprint density at radius 3 is 2.74 bits per heavy atom. The molecule has 2 rings (SSSR count). The maximum atomic E-state index is 12.7. The fraction of sp³-hybridized carbons (Fsp3) is 0.467. The van der Waals surface area contributed by atoms with E-state index < -0.39 is 5.54 Å². The number of benzene rings is 1. The van der Waals surface area contributed by atoms with Crippen molar-refractivity contribution in [2.75, 3.05) is 11.4 Å². The van der Waals surface area contributed by atoms with Gasteiger partial charge < -0.3 is 10.2 Å². The first kappa shape index (κ1) is 13.6. The van der Waals surface area contributed by atoms with E-state index in [1.807, 2.05) is 38.1 Å². The second-order valence-corrected chi connectivity index (χ2v) is 5.28. The van der Waals surface area contributed by atoms with Gasteiger partial charge >= 0.3 is 0 Å². The number of amides is 2. The molecule has 0 bridgehead atoms. The zero-order valence-electron chi connectivity index (χ0n) is 11.7. The SMILES string of the molecule is CCC1(C)NC(=O)CCN(c2cccc(C)c2)C1=O. The van der Waals surface area contributed by atoms with Crippen LogP contribution < -0.4 is 10.2 Å². The summed E-state index contributed by atoms with van der Waals surface area (Å²) in [6.45, 7) is 6.14. The summed E-state index contributed by atoms with van der Waals surface area (Å²) in [6.07, 6.45) is 0.926. The van der Waals surface area contributed by atoms with E-state index in [0.717, 1.165) is 11.3 Å². The van der Waals surface area contributed by atoms with Crippen LogP contribution in [-0.2, 0) is 9.59 Å². The molecule has 1 fully saturated rings. The molecule has 4 nitrogen and oxygen atoms in total. The maximum Gasteiger partial charge on any atom is 0.252 e. The number of carbonyl (C=O) groups excluding carboxylic acids is 2. The van der Waals surface area contributed by atoms with Crippen LogP contribution in [0, 0.1) is 6.92 Å². The molecule has 102 valence electrons. The van der Waals surface area contributed by atoms with Gasteiger partial charge in [0.1, 0.15) is 5.54 Å². The molecule has 0 spiro atoms. The van der Waals surface area contributed by atoms with Crippen LogP contribution in [-0.4, -0.2) is 23.9 Å². The summed E-state index contributed by atoms with van der Waals surface area (Å²) in [5.74, 6) is -0.0979. The molecule has 0 saturated carbocycles. The highest BCUT2D eigenvalue weighted by Crippen LogP contribution is 2.24. The number of hydrogen-bond donors (Lipinski definition) is 1. The van der Waals surface area contributed by atoms with Gasteiger partial charge in [0.2, 0.25) is 5.91 Å². The minimum absolute atomic E-state index is 0.0357. The average molecular weight is 260 g/mol. The first-order valence-corrected chi connectivity index (χ1v) is 6.66. The van der Waals surface area contributed by atoms with Crippen LogP contribution in [0.3, 0.4) is 0 Å². The Bertz CT molecular complexity index is 513. The molecular weight excluding hydrogens is 240 g/mol. The summed E-state index contributed by atoms with van der Waals surface area (Å²) < 4.78 is 0. The van der Waals surface area contributed by atoms with Gasteiger partial charge in [-0.15, -0.1) is 0 Å². The van der Waals surface area contributed by atoms with Crippen LogP contribution in [0.1, 0.15) is 32.3 Å². The number of rotatable bonds is 2. The lowest BCUT2D eigenvalue weighted by Gasteiger charge is -2.31. The monoisotopic (exact) mass is 260 g/mol. The fourth-order valence-corrected chi connectivity index (χ4v) is 2.32. The molecule has 4 heteroatoms. The van der Waals surface area contributed by atoms with Crippen molar-refractivity contribution < 1.29 is 9.59 Å². The third-order valence-corrected chi connectivity index (χ3v) is 3.72. The Morgan fingerprint density at radius 2 is 2.11 bits per heavy atom. The Morgan fingerprint density at radius 1 is 1.37 bits per heavy atom. The highest BCUT2D eigenvalue weighted by Gasteiger charge is 2.39. The molecule has 1 aliphatic rings. The van der Waals surface area contributed by atoms with E-state index in [2.05, 4.69) is 5.32 Å². The molecule has 1 aromatic rings. The lowest BCUT2D eigenvalue weighted by Crippen LogP contribution is -2.54. The van der Waals surface area contributed by atoms with Gasteiger partial charge in [0.25, 0.3) is 5.91 Å². The molecule has 1 saturated heterocycles. The van der Waals surface area contributed by atoms with E-state index in [4.69, 9.17) is 0 Å². The van der Waals surface area contributed by atoms with E-state index in [-0.39, 0.29) is 11.8 Å². The average Bonchev–Trinajstić information content (AvgIpc) is 2.48. The Kier molecular flexibility index (Phi) is 3.60. The third kappa shape index (κ3) is 2.62. The molecule has 0 aliphatic carbocycles. The number of aryl methyl sites for hydroxylation is 1. The third-order valence-electron chi connectivity index (χ3n) is 3.72. The van der Waals surface area contributed by atoms with Gasteiger partial charge in [0.15, 0.2) is 0 Å². The minimum Gasteiger partial charge on any atom is -0.342 e.